The predicted octanol–water partition coefficient (Wildman–Crippen LogP) is 3.98. The Kier molecular flexibility index (Phi) is 4.73. The van der Waals surface area contributed by atoms with E-state index in [1.165, 1.54) is 0 Å². The maximum atomic E-state index is 12.0. The van der Waals surface area contributed by atoms with Gasteiger partial charge in [-0.1, -0.05) is 17.3 Å². The van der Waals surface area contributed by atoms with E-state index < -0.39 is 0 Å². The highest BCUT2D eigenvalue weighted by Gasteiger charge is 2.10. The second kappa shape index (κ2) is 7.11. The van der Waals surface area contributed by atoms with E-state index in [1.54, 1.807) is 24.5 Å². The molecular weight excluding hydrogens is 312 g/mol. The third-order valence-electron chi connectivity index (χ3n) is 3.36. The van der Waals surface area contributed by atoms with Crippen LogP contribution in [0.15, 0.2) is 51.7 Å². The molecule has 0 aliphatic carbocycles. The number of carbonyl (C=O) groups is 1. The normalized spacial score (nSPS) is 10.5. The number of methoxy groups -OCH3 is 1. The van der Waals surface area contributed by atoms with Gasteiger partial charge in [-0.3, -0.25) is 10.1 Å². The largest absolute Gasteiger partial charge is 0.497 e. The maximum Gasteiger partial charge on any atom is 0.231 e. The van der Waals surface area contributed by atoms with Crippen molar-refractivity contribution in [2.24, 2.45) is 0 Å². The van der Waals surface area contributed by atoms with E-state index >= 15 is 0 Å². The molecule has 0 aliphatic rings. The molecule has 0 saturated carbocycles. The zero-order valence-electron chi connectivity index (χ0n) is 12.6. The summed E-state index contributed by atoms with van der Waals surface area (Å²) in [6.07, 6.45) is 0.996. The van der Waals surface area contributed by atoms with Crippen molar-refractivity contribution in [1.29, 1.82) is 0 Å². The van der Waals surface area contributed by atoms with Crippen molar-refractivity contribution in [1.82, 2.24) is 5.16 Å². The first-order chi connectivity index (χ1) is 11.2. The number of amides is 1. The first-order valence-corrected chi connectivity index (χ1v) is 8.11. The lowest BCUT2D eigenvalue weighted by Gasteiger charge is -2.04. The molecule has 23 heavy (non-hydrogen) atoms. The molecule has 3 rings (SSSR count). The molecule has 6 heteroatoms. The van der Waals surface area contributed by atoms with E-state index in [-0.39, 0.29) is 5.91 Å². The Morgan fingerprint density at radius 2 is 2.26 bits per heavy atom. The molecule has 1 N–H and O–H groups in total. The first kappa shape index (κ1) is 15.3. The summed E-state index contributed by atoms with van der Waals surface area (Å²) < 4.78 is 10.3. The Morgan fingerprint density at radius 1 is 1.35 bits per heavy atom. The number of aromatic nitrogens is 1. The maximum absolute atomic E-state index is 12.0. The number of nitrogens with zero attached hydrogens (tertiary/aromatic N) is 1. The molecule has 0 atom stereocenters. The number of rotatable bonds is 6. The Bertz CT molecular complexity index is 781. The highest BCUT2D eigenvalue weighted by molar-refractivity contribution is 7.08. The first-order valence-electron chi connectivity index (χ1n) is 7.16. The number of hydrogen-bond donors (Lipinski definition) is 1. The van der Waals surface area contributed by atoms with E-state index in [0.717, 1.165) is 16.9 Å². The van der Waals surface area contributed by atoms with Gasteiger partial charge in [0.05, 0.1) is 7.11 Å². The topological polar surface area (TPSA) is 64.4 Å². The molecule has 0 saturated heterocycles. The Labute approximate surface area is 137 Å². The van der Waals surface area contributed by atoms with Gasteiger partial charge in [-0.15, -0.1) is 0 Å². The predicted molar refractivity (Wildman–Crippen MR) is 89.8 cm³/mol. The average Bonchev–Trinajstić information content (AvgIpc) is 3.24. The summed E-state index contributed by atoms with van der Waals surface area (Å²) in [4.78, 5) is 12.0. The number of thiophene rings is 1. The Balaban J connectivity index is 1.55. The lowest BCUT2D eigenvalue weighted by Crippen LogP contribution is -2.11. The molecule has 1 aromatic carbocycles. The van der Waals surface area contributed by atoms with Crippen LogP contribution in [-0.2, 0) is 11.2 Å². The van der Waals surface area contributed by atoms with Crippen molar-refractivity contribution in [3.05, 3.63) is 52.7 Å². The standard InChI is InChI=1S/C17H16N2O3S/c1-21-14-4-2-3-12(9-14)5-6-16(20)18-17-10-15(19-22-17)13-7-8-23-11-13/h2-4,7-11H,5-6H2,1H3,(H,18,20). The lowest BCUT2D eigenvalue weighted by atomic mass is 10.1. The zero-order chi connectivity index (χ0) is 16.1. The van der Waals surface area contributed by atoms with Gasteiger partial charge in [-0.25, -0.2) is 0 Å². The Morgan fingerprint density at radius 3 is 3.04 bits per heavy atom. The van der Waals surface area contributed by atoms with E-state index in [2.05, 4.69) is 10.5 Å². The molecule has 0 fully saturated rings. The van der Waals surface area contributed by atoms with Gasteiger partial charge in [0, 0.05) is 23.4 Å². The molecule has 5 nitrogen and oxygen atoms in total. The molecule has 0 bridgehead atoms. The molecule has 3 aromatic rings. The summed E-state index contributed by atoms with van der Waals surface area (Å²) in [7, 11) is 1.63. The molecule has 0 spiro atoms. The summed E-state index contributed by atoms with van der Waals surface area (Å²) in [5.41, 5.74) is 2.75. The van der Waals surface area contributed by atoms with Crippen molar-refractivity contribution in [3.63, 3.8) is 0 Å². The highest BCUT2D eigenvalue weighted by atomic mass is 32.1. The average molecular weight is 328 g/mol. The van der Waals surface area contributed by atoms with Gasteiger partial charge in [-0.05, 0) is 35.6 Å². The van der Waals surface area contributed by atoms with Crippen LogP contribution in [-0.4, -0.2) is 18.2 Å². The van der Waals surface area contributed by atoms with E-state index in [0.29, 0.717) is 24.4 Å². The SMILES string of the molecule is COc1cccc(CCC(=O)Nc2cc(-c3ccsc3)no2)c1. The van der Waals surface area contributed by atoms with Crippen molar-refractivity contribution in [2.45, 2.75) is 12.8 Å². The Hall–Kier alpha value is -2.60. The number of hydrogen-bond acceptors (Lipinski definition) is 5. The minimum atomic E-state index is -0.110. The van der Waals surface area contributed by atoms with Crippen LogP contribution < -0.4 is 10.1 Å². The van der Waals surface area contributed by atoms with Gasteiger partial charge in [0.25, 0.3) is 0 Å². The fourth-order valence-corrected chi connectivity index (χ4v) is 2.82. The summed E-state index contributed by atoms with van der Waals surface area (Å²) in [5, 5.41) is 10.6. The number of aryl methyl sites for hydroxylation is 1. The van der Waals surface area contributed by atoms with Crippen LogP contribution in [0.5, 0.6) is 5.75 Å². The molecule has 2 aromatic heterocycles. The van der Waals surface area contributed by atoms with Gasteiger partial charge < -0.3 is 9.26 Å². The smallest absolute Gasteiger partial charge is 0.231 e. The molecule has 0 aliphatic heterocycles. The molecule has 0 radical (unpaired) electrons. The van der Waals surface area contributed by atoms with Gasteiger partial charge in [0.15, 0.2) is 0 Å². The van der Waals surface area contributed by atoms with Crippen LogP contribution in [0.2, 0.25) is 0 Å². The minimum absolute atomic E-state index is 0.110. The quantitative estimate of drug-likeness (QED) is 0.743. The fourth-order valence-electron chi connectivity index (χ4n) is 2.17. The van der Waals surface area contributed by atoms with E-state index in [9.17, 15) is 4.79 Å². The number of nitrogens with one attached hydrogen (secondary N) is 1. The molecule has 118 valence electrons. The number of anilines is 1. The number of ether oxygens (including phenoxy) is 1. The van der Waals surface area contributed by atoms with Crippen molar-refractivity contribution in [3.8, 4) is 17.0 Å². The second-order valence-corrected chi connectivity index (χ2v) is 5.77. The van der Waals surface area contributed by atoms with Crippen LogP contribution in [0, 0.1) is 0 Å². The van der Waals surface area contributed by atoms with Crippen LogP contribution in [0.1, 0.15) is 12.0 Å². The molecule has 2 heterocycles. The highest BCUT2D eigenvalue weighted by Crippen LogP contribution is 2.23. The van der Waals surface area contributed by atoms with Gasteiger partial charge in [0.2, 0.25) is 11.8 Å². The van der Waals surface area contributed by atoms with Gasteiger partial charge in [0.1, 0.15) is 11.4 Å². The summed E-state index contributed by atoms with van der Waals surface area (Å²) in [6.45, 7) is 0. The van der Waals surface area contributed by atoms with Crippen LogP contribution in [0.3, 0.4) is 0 Å². The van der Waals surface area contributed by atoms with Crippen LogP contribution >= 0.6 is 11.3 Å². The van der Waals surface area contributed by atoms with Crippen LogP contribution in [0.4, 0.5) is 5.88 Å². The van der Waals surface area contributed by atoms with Gasteiger partial charge in [-0.2, -0.15) is 11.3 Å². The number of benzene rings is 1. The fraction of sp³-hybridized carbons (Fsp3) is 0.176. The monoisotopic (exact) mass is 328 g/mol. The van der Waals surface area contributed by atoms with E-state index in [4.69, 9.17) is 9.26 Å². The zero-order valence-corrected chi connectivity index (χ0v) is 13.4. The third-order valence-corrected chi connectivity index (χ3v) is 4.05. The van der Waals surface area contributed by atoms with Crippen molar-refractivity contribution >= 4 is 23.1 Å². The molecular formula is C17H16N2O3S. The van der Waals surface area contributed by atoms with Crippen molar-refractivity contribution < 1.29 is 14.1 Å². The summed E-state index contributed by atoms with van der Waals surface area (Å²) >= 11 is 1.59. The third kappa shape index (κ3) is 3.98. The second-order valence-electron chi connectivity index (χ2n) is 4.99. The number of carbonyl (C=O) groups excluding carboxylic acids is 1. The summed E-state index contributed by atoms with van der Waals surface area (Å²) in [5.74, 6) is 1.04. The van der Waals surface area contributed by atoms with E-state index in [1.807, 2.05) is 41.1 Å². The van der Waals surface area contributed by atoms with Gasteiger partial charge >= 0.3 is 0 Å². The van der Waals surface area contributed by atoms with Crippen LogP contribution in [0.25, 0.3) is 11.3 Å². The molecule has 1 amide bonds. The summed E-state index contributed by atoms with van der Waals surface area (Å²) in [6, 6.07) is 11.4. The molecule has 0 unspecified atom stereocenters. The minimum Gasteiger partial charge on any atom is -0.497 e. The lowest BCUT2D eigenvalue weighted by molar-refractivity contribution is -0.116. The van der Waals surface area contributed by atoms with Crippen molar-refractivity contribution in [2.75, 3.05) is 12.4 Å².